The van der Waals surface area contributed by atoms with Gasteiger partial charge in [0.1, 0.15) is 6.04 Å². The number of amides is 1. The number of hydrogen-bond donors (Lipinski definition) is 1. The molecule has 0 fully saturated rings. The van der Waals surface area contributed by atoms with E-state index in [2.05, 4.69) is 4.98 Å². The molecule has 1 unspecified atom stereocenters. The fourth-order valence-corrected chi connectivity index (χ4v) is 6.53. The van der Waals surface area contributed by atoms with Crippen molar-refractivity contribution in [1.82, 2.24) is 4.98 Å². The van der Waals surface area contributed by atoms with Crippen LogP contribution in [-0.4, -0.2) is 28.9 Å². The van der Waals surface area contributed by atoms with Gasteiger partial charge in [-0.3, -0.25) is 14.5 Å². The Kier molecular flexibility index (Phi) is 5.53. The van der Waals surface area contributed by atoms with Gasteiger partial charge in [-0.15, -0.1) is 11.3 Å². The Hall–Kier alpha value is -3.37. The Morgan fingerprint density at radius 2 is 2.00 bits per heavy atom. The van der Waals surface area contributed by atoms with Gasteiger partial charge in [-0.05, 0) is 41.8 Å². The summed E-state index contributed by atoms with van der Waals surface area (Å²) in [6.45, 7) is 0. The van der Waals surface area contributed by atoms with Gasteiger partial charge >= 0.3 is 0 Å². The second-order valence-corrected chi connectivity index (χ2v) is 10.8. The quantitative estimate of drug-likeness (QED) is 0.230. The van der Waals surface area contributed by atoms with Gasteiger partial charge < -0.3 is 14.3 Å². The highest BCUT2D eigenvalue weighted by Crippen LogP contribution is 2.46. The number of aromatic nitrogens is 1. The summed E-state index contributed by atoms with van der Waals surface area (Å²) in [5.41, 5.74) is 0.892. The zero-order valence-electron chi connectivity index (χ0n) is 18.3. The zero-order chi connectivity index (χ0) is 25.1. The summed E-state index contributed by atoms with van der Waals surface area (Å²) >= 11 is 14.9. The summed E-state index contributed by atoms with van der Waals surface area (Å²) in [7, 11) is 1.47. The van der Waals surface area contributed by atoms with Crippen LogP contribution in [0, 0.1) is 0 Å². The molecule has 0 bridgehead atoms. The maximum atomic E-state index is 13.8. The van der Waals surface area contributed by atoms with Crippen LogP contribution in [0.3, 0.4) is 0 Å². The number of thiophene rings is 1. The molecule has 6 rings (SSSR count). The van der Waals surface area contributed by atoms with Crippen LogP contribution in [0.5, 0.6) is 5.75 Å². The minimum atomic E-state index is -0.889. The number of thiazole rings is 1. The Labute approximate surface area is 221 Å². The summed E-state index contributed by atoms with van der Waals surface area (Å²) in [5.74, 6) is -1.69. The first-order valence-corrected chi connectivity index (χ1v) is 13.0. The molecule has 1 aliphatic heterocycles. The van der Waals surface area contributed by atoms with Crippen LogP contribution in [0.1, 0.15) is 21.5 Å². The third-order valence-corrected chi connectivity index (χ3v) is 8.20. The van der Waals surface area contributed by atoms with Crippen molar-refractivity contribution in [2.45, 2.75) is 6.04 Å². The molecule has 36 heavy (non-hydrogen) atoms. The van der Waals surface area contributed by atoms with Crippen LogP contribution in [-0.2, 0) is 4.79 Å². The smallest absolute Gasteiger partial charge is 0.296 e. The molecule has 1 N–H and O–H groups in total. The lowest BCUT2D eigenvalue weighted by Gasteiger charge is -2.22. The highest BCUT2D eigenvalue weighted by Gasteiger charge is 2.47. The summed E-state index contributed by atoms with van der Waals surface area (Å²) in [6.07, 6.45) is 0. The fraction of sp³-hybridized carbons (Fsp3) is 0.0800. The Morgan fingerprint density at radius 1 is 1.17 bits per heavy atom. The number of anilines is 1. The molecule has 11 heteroatoms. The number of carbonyl (C=O) groups is 2. The van der Waals surface area contributed by atoms with Gasteiger partial charge in [0.15, 0.2) is 28.0 Å². The van der Waals surface area contributed by atoms with E-state index in [0.717, 1.165) is 4.70 Å². The molecule has 0 saturated heterocycles. The molecule has 5 aromatic rings. The van der Waals surface area contributed by atoms with E-state index in [0.29, 0.717) is 42.3 Å². The standard InChI is InChI=1S/C25H14Cl2N2O5S2/c1-33-16-9-13(27)7-11-8-15(34-23(11)16)21(30)19-20(17-3-2-6-35-17)29(24(32)22(19)31)25-28-14-5-4-12(26)10-18(14)36-25/h2-10,20,31H,1H3. The third kappa shape index (κ3) is 3.58. The first-order chi connectivity index (χ1) is 17.4. The van der Waals surface area contributed by atoms with Crippen molar-refractivity contribution in [3.05, 3.63) is 85.9 Å². The molecule has 0 saturated carbocycles. The second kappa shape index (κ2) is 8.63. The lowest BCUT2D eigenvalue weighted by atomic mass is 10.0. The van der Waals surface area contributed by atoms with Crippen LogP contribution in [0.25, 0.3) is 21.2 Å². The summed E-state index contributed by atoms with van der Waals surface area (Å²) in [5, 5.41) is 14.6. The van der Waals surface area contributed by atoms with E-state index >= 15 is 0 Å². The minimum absolute atomic E-state index is 0.0561. The third-order valence-electron chi connectivity index (χ3n) is 5.80. The van der Waals surface area contributed by atoms with Gasteiger partial charge in [-0.1, -0.05) is 40.6 Å². The predicted octanol–water partition coefficient (Wildman–Crippen LogP) is 7.20. The van der Waals surface area contributed by atoms with Crippen LogP contribution in [0.2, 0.25) is 10.0 Å². The van der Waals surface area contributed by atoms with Crippen LogP contribution in [0.4, 0.5) is 5.13 Å². The monoisotopic (exact) mass is 556 g/mol. The molecule has 180 valence electrons. The number of halogens is 2. The SMILES string of the molecule is COc1cc(Cl)cc2cc(C(=O)C3=C(O)C(=O)N(c4nc5ccc(Cl)cc5s4)C3c3cccs3)oc12. The Morgan fingerprint density at radius 3 is 2.75 bits per heavy atom. The molecule has 1 amide bonds. The number of methoxy groups -OCH3 is 1. The first-order valence-electron chi connectivity index (χ1n) is 10.5. The van der Waals surface area contributed by atoms with Crippen molar-refractivity contribution in [2.24, 2.45) is 0 Å². The molecule has 1 atom stereocenters. The van der Waals surface area contributed by atoms with Crippen molar-refractivity contribution >= 4 is 83.9 Å². The number of fused-ring (bicyclic) bond motifs is 2. The maximum absolute atomic E-state index is 13.8. The molecule has 0 aliphatic carbocycles. The van der Waals surface area contributed by atoms with Gasteiger partial charge in [0.05, 0.1) is 22.9 Å². The minimum Gasteiger partial charge on any atom is -0.503 e. The van der Waals surface area contributed by atoms with Crippen molar-refractivity contribution in [3.63, 3.8) is 0 Å². The molecule has 4 heterocycles. The number of ether oxygens (including phenoxy) is 1. The Balaban J connectivity index is 1.49. The highest BCUT2D eigenvalue weighted by molar-refractivity contribution is 7.22. The van der Waals surface area contributed by atoms with E-state index in [-0.39, 0.29) is 11.3 Å². The number of aliphatic hydroxyl groups is 1. The van der Waals surface area contributed by atoms with Gasteiger partial charge in [0.2, 0.25) is 5.78 Å². The van der Waals surface area contributed by atoms with Crippen LogP contribution >= 0.6 is 45.9 Å². The summed E-state index contributed by atoms with van der Waals surface area (Å²) in [6, 6.07) is 12.7. The number of benzene rings is 2. The van der Waals surface area contributed by atoms with Crippen LogP contribution in [0.15, 0.2) is 69.7 Å². The van der Waals surface area contributed by atoms with E-state index in [9.17, 15) is 14.7 Å². The highest BCUT2D eigenvalue weighted by atomic mass is 35.5. The first kappa shape index (κ1) is 23.1. The molecule has 1 aliphatic rings. The van der Waals surface area contributed by atoms with Gasteiger partial charge in [-0.25, -0.2) is 4.98 Å². The van der Waals surface area contributed by atoms with Gasteiger partial charge in [0.25, 0.3) is 5.91 Å². The molecule has 0 spiro atoms. The predicted molar refractivity (Wildman–Crippen MR) is 141 cm³/mol. The van der Waals surface area contributed by atoms with E-state index < -0.39 is 23.5 Å². The summed E-state index contributed by atoms with van der Waals surface area (Å²) in [4.78, 5) is 33.7. The molecule has 3 aromatic heterocycles. The lowest BCUT2D eigenvalue weighted by molar-refractivity contribution is -0.117. The molecule has 0 radical (unpaired) electrons. The lowest BCUT2D eigenvalue weighted by Crippen LogP contribution is -2.30. The number of nitrogens with zero attached hydrogens (tertiary/aromatic N) is 2. The normalized spacial score (nSPS) is 16.0. The van der Waals surface area contributed by atoms with E-state index in [1.54, 1.807) is 36.4 Å². The number of carbonyl (C=O) groups excluding carboxylic acids is 2. The molecule has 2 aromatic carbocycles. The molecular weight excluding hydrogens is 543 g/mol. The number of hydrogen-bond acceptors (Lipinski definition) is 8. The average molecular weight is 557 g/mol. The van der Waals surface area contributed by atoms with E-state index in [1.165, 1.54) is 40.7 Å². The Bertz CT molecular complexity index is 1720. The zero-order valence-corrected chi connectivity index (χ0v) is 21.5. The van der Waals surface area contributed by atoms with Crippen molar-refractivity contribution in [2.75, 3.05) is 12.0 Å². The number of ketones is 1. The van der Waals surface area contributed by atoms with E-state index in [1.807, 2.05) is 11.4 Å². The second-order valence-electron chi connectivity index (χ2n) is 7.93. The fourth-order valence-electron chi connectivity index (χ4n) is 4.22. The number of aliphatic hydroxyl groups excluding tert-OH is 1. The largest absolute Gasteiger partial charge is 0.503 e. The summed E-state index contributed by atoms with van der Waals surface area (Å²) < 4.78 is 11.9. The maximum Gasteiger partial charge on any atom is 0.296 e. The van der Waals surface area contributed by atoms with Crippen molar-refractivity contribution < 1.29 is 23.8 Å². The average Bonchev–Trinajstić information content (AvgIpc) is 3.63. The van der Waals surface area contributed by atoms with Gasteiger partial charge in [0, 0.05) is 26.4 Å². The molecule has 7 nitrogen and oxygen atoms in total. The van der Waals surface area contributed by atoms with Crippen molar-refractivity contribution in [1.29, 1.82) is 0 Å². The number of furan rings is 1. The molecular formula is C25H14Cl2N2O5S2. The van der Waals surface area contributed by atoms with Crippen LogP contribution < -0.4 is 9.64 Å². The van der Waals surface area contributed by atoms with E-state index in [4.69, 9.17) is 32.4 Å². The number of rotatable bonds is 5. The van der Waals surface area contributed by atoms with Gasteiger partial charge in [-0.2, -0.15) is 0 Å². The topological polar surface area (TPSA) is 92.9 Å². The number of Topliss-reactive ketones (excluding diaryl/α,β-unsaturated/α-hetero) is 1. The van der Waals surface area contributed by atoms with Crippen molar-refractivity contribution in [3.8, 4) is 5.75 Å².